The van der Waals surface area contributed by atoms with Gasteiger partial charge in [0.15, 0.2) is 12.2 Å². The van der Waals surface area contributed by atoms with Crippen LogP contribution in [0, 0.1) is 0 Å². The van der Waals surface area contributed by atoms with Crippen LogP contribution in [-0.4, -0.2) is 96.7 Å². The molecular formula is C87H140O17P2. The number of rotatable bonds is 73. The fourth-order valence-electron chi connectivity index (χ4n) is 9.91. The standard InChI is InChI=1S/C87H140O17P2/c1-5-9-13-17-21-25-29-33-37-40-44-47-51-55-59-63-67-71-84(89)97-77-82(103-86(91)73-69-65-61-57-53-49-43-36-32-28-24-20-16-12-8-4)79-101-105(93,94)99-75-81(88)76-100-106(95,96)102-80-83(104-87(92)74-70-66-62-58-54-50-46-42-39-35-31-27-23-19-15-11-7-3)78-98-85(90)72-68-64-60-56-52-48-45-41-38-34-30-26-22-18-14-10-6-2/h9-16,21-28,33-39,43-45,47-48,53,57,81-83,88H,5-8,17-20,29-32,40-42,46,49-52,54-56,58-80H2,1-4H3,(H,93,94)(H,95,96)/b13-9-,14-10-,15-11-,16-12-,25-21-,26-22-,27-23-,28-24-,37-33-,38-34-,39-35-,43-36-,47-44-,48-45-,57-53-. The smallest absolute Gasteiger partial charge is 0.462 e. The van der Waals surface area contributed by atoms with E-state index in [1.54, 1.807) is 0 Å². The van der Waals surface area contributed by atoms with Crippen molar-refractivity contribution in [3.05, 3.63) is 182 Å². The highest BCUT2D eigenvalue weighted by atomic mass is 31.2. The van der Waals surface area contributed by atoms with Gasteiger partial charge in [-0.2, -0.15) is 0 Å². The van der Waals surface area contributed by atoms with Gasteiger partial charge in [0.2, 0.25) is 0 Å². The monoisotopic (exact) mass is 1520 g/mol. The molecule has 5 unspecified atom stereocenters. The first-order valence-electron chi connectivity index (χ1n) is 40.0. The molecule has 0 aromatic carbocycles. The van der Waals surface area contributed by atoms with Crippen LogP contribution in [-0.2, 0) is 65.4 Å². The molecule has 0 aromatic heterocycles. The van der Waals surface area contributed by atoms with E-state index in [4.69, 9.17) is 37.0 Å². The lowest BCUT2D eigenvalue weighted by atomic mass is 10.1. The van der Waals surface area contributed by atoms with Gasteiger partial charge in [0.1, 0.15) is 19.3 Å². The highest BCUT2D eigenvalue weighted by molar-refractivity contribution is 7.47. The number of phosphoric ester groups is 2. The van der Waals surface area contributed by atoms with Crippen molar-refractivity contribution in [2.75, 3.05) is 39.6 Å². The number of ether oxygens (including phenoxy) is 4. The summed E-state index contributed by atoms with van der Waals surface area (Å²) < 4.78 is 68.6. The first kappa shape index (κ1) is 100. The number of unbranched alkanes of at least 4 members (excludes halogenated alkanes) is 17. The minimum absolute atomic E-state index is 0.0296. The topological polar surface area (TPSA) is 237 Å². The van der Waals surface area contributed by atoms with Crippen molar-refractivity contribution in [3.63, 3.8) is 0 Å². The summed E-state index contributed by atoms with van der Waals surface area (Å²) in [5, 5.41) is 10.7. The van der Waals surface area contributed by atoms with Crippen molar-refractivity contribution in [2.45, 2.75) is 303 Å². The van der Waals surface area contributed by atoms with Crippen molar-refractivity contribution in [1.82, 2.24) is 0 Å². The average Bonchev–Trinajstić information content (AvgIpc) is 0.901. The lowest BCUT2D eigenvalue weighted by Crippen LogP contribution is -2.30. The zero-order valence-electron chi connectivity index (χ0n) is 65.5. The van der Waals surface area contributed by atoms with Gasteiger partial charge in [-0.25, -0.2) is 9.13 Å². The second kappa shape index (κ2) is 77.3. The Morgan fingerprint density at radius 2 is 0.462 bits per heavy atom. The molecule has 0 amide bonds. The molecule has 17 nitrogen and oxygen atoms in total. The van der Waals surface area contributed by atoms with E-state index in [0.29, 0.717) is 32.1 Å². The second-order valence-electron chi connectivity index (χ2n) is 25.8. The third kappa shape index (κ3) is 76.4. The Kier molecular flexibility index (Phi) is 73.1. The predicted octanol–water partition coefficient (Wildman–Crippen LogP) is 23.6. The van der Waals surface area contributed by atoms with E-state index in [0.717, 1.165) is 199 Å². The number of aliphatic hydroxyl groups excluding tert-OH is 1. The highest BCUT2D eigenvalue weighted by Gasteiger charge is 2.30. The van der Waals surface area contributed by atoms with Gasteiger partial charge in [-0.05, 0) is 173 Å². The molecule has 0 heterocycles. The quantitative estimate of drug-likeness (QED) is 0.0169. The Hall–Kier alpha value is -5.84. The van der Waals surface area contributed by atoms with Crippen LogP contribution >= 0.6 is 15.6 Å². The second-order valence-corrected chi connectivity index (χ2v) is 28.7. The van der Waals surface area contributed by atoms with Crippen molar-refractivity contribution in [1.29, 1.82) is 0 Å². The molecule has 0 aliphatic carbocycles. The molecule has 0 aliphatic heterocycles. The number of esters is 4. The van der Waals surface area contributed by atoms with Gasteiger partial charge in [-0.3, -0.25) is 37.3 Å². The lowest BCUT2D eigenvalue weighted by Gasteiger charge is -2.21. The summed E-state index contributed by atoms with van der Waals surface area (Å²) in [7, 11) is -10.0. The maximum absolute atomic E-state index is 13.1. The molecule has 106 heavy (non-hydrogen) atoms. The van der Waals surface area contributed by atoms with Gasteiger partial charge in [0, 0.05) is 25.7 Å². The average molecular weight is 1520 g/mol. The zero-order valence-corrected chi connectivity index (χ0v) is 67.3. The number of carbonyl (C=O) groups excluding carboxylic acids is 4. The first-order valence-corrected chi connectivity index (χ1v) is 43.0. The lowest BCUT2D eigenvalue weighted by molar-refractivity contribution is -0.161. The minimum atomic E-state index is -5.01. The predicted molar refractivity (Wildman–Crippen MR) is 436 cm³/mol. The SMILES string of the molecule is CC/C=C\C/C=C\C/C=C\C/C=C\CCCCCCC(=O)OCC(COP(=O)(O)OCC(O)COP(=O)(O)OCC(COC(=O)CCCCCC/C=C\C/C=C\C/C=C\C/C=C\CC)OC(=O)CCCCCCCCC/C=C\C/C=C\C/C=C\CC)OC(=O)CCCC/C=C\C/C=C\C/C=C\C/C=C\CC. The molecule has 0 saturated heterocycles. The third-order valence-corrected chi connectivity index (χ3v) is 17.8. The number of aliphatic hydroxyl groups is 1. The molecule has 0 fully saturated rings. The van der Waals surface area contributed by atoms with Gasteiger partial charge >= 0.3 is 39.5 Å². The van der Waals surface area contributed by atoms with E-state index in [1.807, 2.05) is 0 Å². The molecule has 0 rings (SSSR count). The number of allylic oxidation sites excluding steroid dienone is 30. The van der Waals surface area contributed by atoms with E-state index in [1.165, 1.54) is 0 Å². The summed E-state index contributed by atoms with van der Waals surface area (Å²) >= 11 is 0. The van der Waals surface area contributed by atoms with Crippen LogP contribution in [0.15, 0.2) is 182 Å². The van der Waals surface area contributed by atoms with E-state index < -0.39 is 97.5 Å². The summed E-state index contributed by atoms with van der Waals surface area (Å²) in [5.41, 5.74) is 0. The molecule has 0 aromatic rings. The van der Waals surface area contributed by atoms with Crippen LogP contribution < -0.4 is 0 Å². The number of phosphoric acid groups is 2. The van der Waals surface area contributed by atoms with Crippen molar-refractivity contribution >= 4 is 39.5 Å². The Balaban J connectivity index is 5.48. The number of hydrogen-bond donors (Lipinski definition) is 3. The minimum Gasteiger partial charge on any atom is -0.462 e. The van der Waals surface area contributed by atoms with Crippen LogP contribution in [0.1, 0.15) is 285 Å². The molecule has 0 spiro atoms. The van der Waals surface area contributed by atoms with Crippen molar-refractivity contribution < 1.29 is 80.2 Å². The van der Waals surface area contributed by atoms with Crippen molar-refractivity contribution in [3.8, 4) is 0 Å². The number of carbonyl (C=O) groups is 4. The fraction of sp³-hybridized carbons (Fsp3) is 0.609. The summed E-state index contributed by atoms with van der Waals surface area (Å²) in [6.45, 7) is 4.29. The summed E-state index contributed by atoms with van der Waals surface area (Å²) in [6.07, 6.45) is 93.0. The van der Waals surface area contributed by atoms with Crippen LogP contribution in [0.4, 0.5) is 0 Å². The van der Waals surface area contributed by atoms with Gasteiger partial charge in [0.05, 0.1) is 26.4 Å². The molecular weight excluding hydrogens is 1380 g/mol. The van der Waals surface area contributed by atoms with E-state index in [2.05, 4.69) is 210 Å². The molecule has 19 heteroatoms. The Morgan fingerprint density at radius 1 is 0.264 bits per heavy atom. The normalized spacial score (nSPS) is 14.8. The summed E-state index contributed by atoms with van der Waals surface area (Å²) in [6, 6.07) is 0. The van der Waals surface area contributed by atoms with E-state index in [-0.39, 0.29) is 25.7 Å². The highest BCUT2D eigenvalue weighted by Crippen LogP contribution is 2.45. The Labute approximate surface area is 641 Å². The van der Waals surface area contributed by atoms with Crippen molar-refractivity contribution in [2.24, 2.45) is 0 Å². The van der Waals surface area contributed by atoms with Crippen LogP contribution in [0.3, 0.4) is 0 Å². The van der Waals surface area contributed by atoms with Gasteiger partial charge in [-0.15, -0.1) is 0 Å². The van der Waals surface area contributed by atoms with E-state index >= 15 is 0 Å². The van der Waals surface area contributed by atoms with Gasteiger partial charge in [-0.1, -0.05) is 268 Å². The third-order valence-electron chi connectivity index (χ3n) is 15.9. The molecule has 0 radical (unpaired) electrons. The molecule has 600 valence electrons. The summed E-state index contributed by atoms with van der Waals surface area (Å²) in [4.78, 5) is 73.1. The molecule has 0 aliphatic rings. The molecule has 3 N–H and O–H groups in total. The summed E-state index contributed by atoms with van der Waals surface area (Å²) in [5.74, 6) is -2.30. The number of hydrogen-bond acceptors (Lipinski definition) is 15. The maximum atomic E-state index is 13.1. The van der Waals surface area contributed by atoms with Crippen LogP contribution in [0.25, 0.3) is 0 Å². The van der Waals surface area contributed by atoms with E-state index in [9.17, 15) is 43.2 Å². The van der Waals surface area contributed by atoms with Gasteiger partial charge < -0.3 is 33.8 Å². The Morgan fingerprint density at radius 3 is 0.726 bits per heavy atom. The first-order chi connectivity index (χ1) is 51.7. The molecule has 0 saturated carbocycles. The zero-order chi connectivity index (χ0) is 77.4. The molecule has 5 atom stereocenters. The maximum Gasteiger partial charge on any atom is 0.472 e. The largest absolute Gasteiger partial charge is 0.472 e. The van der Waals surface area contributed by atoms with Crippen LogP contribution in [0.5, 0.6) is 0 Å². The van der Waals surface area contributed by atoms with Crippen LogP contribution in [0.2, 0.25) is 0 Å². The van der Waals surface area contributed by atoms with Gasteiger partial charge in [0.25, 0.3) is 0 Å². The molecule has 0 bridgehead atoms. The Bertz CT molecular complexity index is 2730. The fourth-order valence-corrected chi connectivity index (χ4v) is 11.5.